The third-order valence-electron chi connectivity index (χ3n) is 4.63. The number of carboxylic acid groups (broad SMARTS) is 1. The Hall–Kier alpha value is -2.37. The number of carbonyl (C=O) groups is 1. The summed E-state index contributed by atoms with van der Waals surface area (Å²) < 4.78 is 5.24. The Labute approximate surface area is 154 Å². The van der Waals surface area contributed by atoms with Gasteiger partial charge in [0, 0.05) is 6.04 Å². The van der Waals surface area contributed by atoms with Crippen molar-refractivity contribution in [2.75, 3.05) is 7.11 Å². The standard InChI is InChI=1S/C13H19NO.C8H8O3/c1-15-13-7-3-5-11(9-13)10-4-2-6-12(14)8-10;9-7(8(10)11)6-4-2-1-3-5-6/h3,5,7,9-10,12H,2,4,6,8,14H2,1H3;1-5,7,9H,(H,10,11)/t;7-/m.0/s1. The highest BCUT2D eigenvalue weighted by Crippen LogP contribution is 2.33. The number of nitrogens with two attached hydrogens (primary N) is 1. The number of benzene rings is 2. The fraction of sp³-hybridized carbons (Fsp3) is 0.381. The molecule has 1 aliphatic carbocycles. The topological polar surface area (TPSA) is 92.8 Å². The molecule has 26 heavy (non-hydrogen) atoms. The Balaban J connectivity index is 0.000000197. The molecule has 0 amide bonds. The van der Waals surface area contributed by atoms with E-state index in [1.165, 1.54) is 24.8 Å². The largest absolute Gasteiger partial charge is 0.497 e. The van der Waals surface area contributed by atoms with Gasteiger partial charge in [-0.15, -0.1) is 0 Å². The SMILES string of the molecule is COc1cccc(C2CCCC(N)C2)c1.O=C(O)[C@@H](O)c1ccccc1. The molecule has 0 heterocycles. The summed E-state index contributed by atoms with van der Waals surface area (Å²) >= 11 is 0. The lowest BCUT2D eigenvalue weighted by Gasteiger charge is -2.27. The quantitative estimate of drug-likeness (QED) is 0.779. The average molecular weight is 357 g/mol. The van der Waals surface area contributed by atoms with Crippen LogP contribution in [0.15, 0.2) is 54.6 Å². The summed E-state index contributed by atoms with van der Waals surface area (Å²) in [7, 11) is 1.71. The zero-order valence-electron chi connectivity index (χ0n) is 15.0. The molecule has 140 valence electrons. The Bertz CT molecular complexity index is 689. The molecule has 0 radical (unpaired) electrons. The number of hydrogen-bond donors (Lipinski definition) is 3. The lowest BCUT2D eigenvalue weighted by Crippen LogP contribution is -2.26. The van der Waals surface area contributed by atoms with Crippen LogP contribution >= 0.6 is 0 Å². The minimum atomic E-state index is -1.41. The fourth-order valence-electron chi connectivity index (χ4n) is 3.20. The number of rotatable bonds is 4. The summed E-state index contributed by atoms with van der Waals surface area (Å²) in [5.41, 5.74) is 7.78. The van der Waals surface area contributed by atoms with Crippen LogP contribution in [0.2, 0.25) is 0 Å². The summed E-state index contributed by atoms with van der Waals surface area (Å²) in [6.07, 6.45) is 3.41. The van der Waals surface area contributed by atoms with Crippen LogP contribution < -0.4 is 10.5 Å². The number of aliphatic hydroxyl groups is 1. The second-order valence-corrected chi connectivity index (χ2v) is 6.55. The van der Waals surface area contributed by atoms with Crippen LogP contribution in [-0.4, -0.2) is 29.3 Å². The van der Waals surface area contributed by atoms with Gasteiger partial charge < -0.3 is 20.7 Å². The molecule has 0 saturated heterocycles. The summed E-state index contributed by atoms with van der Waals surface area (Å²) in [5, 5.41) is 17.4. The number of carboxylic acids is 1. The van der Waals surface area contributed by atoms with E-state index in [-0.39, 0.29) is 0 Å². The Kier molecular flexibility index (Phi) is 7.63. The molecule has 2 aromatic carbocycles. The van der Waals surface area contributed by atoms with Gasteiger partial charge in [0.2, 0.25) is 0 Å². The molecule has 1 aliphatic rings. The number of ether oxygens (including phenoxy) is 1. The molecule has 3 rings (SSSR count). The summed E-state index contributed by atoms with van der Waals surface area (Å²) in [6.45, 7) is 0. The molecule has 0 bridgehead atoms. The highest BCUT2D eigenvalue weighted by molar-refractivity contribution is 5.73. The number of methoxy groups -OCH3 is 1. The number of aliphatic carboxylic acids is 1. The van der Waals surface area contributed by atoms with Crippen molar-refractivity contribution in [3.63, 3.8) is 0 Å². The maximum atomic E-state index is 10.2. The van der Waals surface area contributed by atoms with Crippen LogP contribution in [0.4, 0.5) is 0 Å². The monoisotopic (exact) mass is 357 g/mol. The van der Waals surface area contributed by atoms with Gasteiger partial charge in [-0.1, -0.05) is 48.9 Å². The molecule has 0 aliphatic heterocycles. The molecule has 2 aromatic rings. The second kappa shape index (κ2) is 9.94. The van der Waals surface area contributed by atoms with Gasteiger partial charge in [-0.25, -0.2) is 4.79 Å². The van der Waals surface area contributed by atoms with Crippen molar-refractivity contribution in [2.24, 2.45) is 5.73 Å². The molecule has 1 fully saturated rings. The predicted molar refractivity (Wildman–Crippen MR) is 101 cm³/mol. The van der Waals surface area contributed by atoms with E-state index in [2.05, 4.69) is 18.2 Å². The first-order valence-electron chi connectivity index (χ1n) is 8.86. The molecular formula is C21H27NO4. The van der Waals surface area contributed by atoms with Crippen LogP contribution in [0.5, 0.6) is 5.75 Å². The third-order valence-corrected chi connectivity index (χ3v) is 4.63. The molecule has 5 nitrogen and oxygen atoms in total. The lowest BCUT2D eigenvalue weighted by atomic mass is 9.82. The van der Waals surface area contributed by atoms with Gasteiger partial charge in [0.05, 0.1) is 7.11 Å². The molecule has 0 spiro atoms. The van der Waals surface area contributed by atoms with Crippen LogP contribution in [0, 0.1) is 0 Å². The van der Waals surface area contributed by atoms with Crippen LogP contribution in [0.3, 0.4) is 0 Å². The summed E-state index contributed by atoms with van der Waals surface area (Å²) in [6, 6.07) is 17.0. The summed E-state index contributed by atoms with van der Waals surface area (Å²) in [5.74, 6) is 0.353. The van der Waals surface area contributed by atoms with E-state index in [1.54, 1.807) is 37.4 Å². The first kappa shape index (κ1) is 19.9. The predicted octanol–water partition coefficient (Wildman–Crippen LogP) is 3.48. The lowest BCUT2D eigenvalue weighted by molar-refractivity contribution is -0.146. The molecule has 3 atom stereocenters. The molecule has 0 aromatic heterocycles. The van der Waals surface area contributed by atoms with Gasteiger partial charge in [0.25, 0.3) is 0 Å². The highest BCUT2D eigenvalue weighted by Gasteiger charge is 2.20. The fourth-order valence-corrected chi connectivity index (χ4v) is 3.20. The molecular weight excluding hydrogens is 330 g/mol. The zero-order valence-corrected chi connectivity index (χ0v) is 15.0. The average Bonchev–Trinajstić information content (AvgIpc) is 2.68. The maximum absolute atomic E-state index is 10.2. The van der Waals surface area contributed by atoms with Gasteiger partial charge in [-0.05, 0) is 48.4 Å². The highest BCUT2D eigenvalue weighted by atomic mass is 16.5. The van der Waals surface area contributed by atoms with E-state index in [4.69, 9.17) is 20.7 Å². The van der Waals surface area contributed by atoms with Gasteiger partial charge in [-0.2, -0.15) is 0 Å². The smallest absolute Gasteiger partial charge is 0.337 e. The third kappa shape index (κ3) is 5.86. The van der Waals surface area contributed by atoms with Crippen molar-refractivity contribution in [1.29, 1.82) is 0 Å². The van der Waals surface area contributed by atoms with E-state index in [0.29, 0.717) is 17.5 Å². The van der Waals surface area contributed by atoms with Gasteiger partial charge in [-0.3, -0.25) is 0 Å². The van der Waals surface area contributed by atoms with E-state index in [9.17, 15) is 4.79 Å². The van der Waals surface area contributed by atoms with Crippen molar-refractivity contribution in [2.45, 2.75) is 43.7 Å². The van der Waals surface area contributed by atoms with E-state index >= 15 is 0 Å². The molecule has 1 saturated carbocycles. The normalized spacial score (nSPS) is 20.4. The van der Waals surface area contributed by atoms with Crippen molar-refractivity contribution in [1.82, 2.24) is 0 Å². The van der Waals surface area contributed by atoms with E-state index < -0.39 is 12.1 Å². The van der Waals surface area contributed by atoms with Crippen LogP contribution in [-0.2, 0) is 4.79 Å². The Morgan fingerprint density at radius 1 is 1.15 bits per heavy atom. The molecule has 5 heteroatoms. The van der Waals surface area contributed by atoms with E-state index in [0.717, 1.165) is 12.2 Å². The summed E-state index contributed by atoms with van der Waals surface area (Å²) in [4.78, 5) is 10.2. The van der Waals surface area contributed by atoms with Crippen LogP contribution in [0.1, 0.15) is 48.8 Å². The first-order valence-corrected chi connectivity index (χ1v) is 8.86. The molecule has 4 N–H and O–H groups in total. The number of hydrogen-bond acceptors (Lipinski definition) is 4. The van der Waals surface area contributed by atoms with Crippen LogP contribution in [0.25, 0.3) is 0 Å². The van der Waals surface area contributed by atoms with Gasteiger partial charge in [0.1, 0.15) is 5.75 Å². The minimum absolute atomic E-state index is 0.384. The van der Waals surface area contributed by atoms with Crippen molar-refractivity contribution in [3.05, 3.63) is 65.7 Å². The Morgan fingerprint density at radius 2 is 1.88 bits per heavy atom. The minimum Gasteiger partial charge on any atom is -0.497 e. The van der Waals surface area contributed by atoms with Gasteiger partial charge >= 0.3 is 5.97 Å². The molecule has 2 unspecified atom stereocenters. The zero-order chi connectivity index (χ0) is 18.9. The first-order chi connectivity index (χ1) is 12.5. The van der Waals surface area contributed by atoms with Crippen molar-refractivity contribution >= 4 is 5.97 Å². The van der Waals surface area contributed by atoms with Crippen molar-refractivity contribution in [3.8, 4) is 5.75 Å². The number of aliphatic hydroxyl groups excluding tert-OH is 1. The Morgan fingerprint density at radius 3 is 2.50 bits per heavy atom. The van der Waals surface area contributed by atoms with E-state index in [1.807, 2.05) is 6.07 Å². The second-order valence-electron chi connectivity index (χ2n) is 6.55. The maximum Gasteiger partial charge on any atom is 0.337 e. The van der Waals surface area contributed by atoms with Crippen molar-refractivity contribution < 1.29 is 19.7 Å². The van der Waals surface area contributed by atoms with Gasteiger partial charge in [0.15, 0.2) is 6.10 Å².